The van der Waals surface area contributed by atoms with Gasteiger partial charge >= 0.3 is 0 Å². The van der Waals surface area contributed by atoms with Crippen LogP contribution in [0.5, 0.6) is 0 Å². The molecule has 7 heteroatoms. The standard InChI is InChI=1S/C23H20BrN3O2S/c1-22(2)11-23(3,12-7-5-4-6-8-12)15-10-13(24)9-14-16(20(29)27(22)17(14)15)18-19(28)26-21(25)30-18/h4-10H,11H2,1-3H3,(H2,25,26,28). The lowest BCUT2D eigenvalue weighted by atomic mass is 9.65. The number of amides is 2. The maximum atomic E-state index is 13.7. The Bertz CT molecular complexity index is 1190. The summed E-state index contributed by atoms with van der Waals surface area (Å²) in [6, 6.07) is 14.4. The molecule has 2 amide bonds. The summed E-state index contributed by atoms with van der Waals surface area (Å²) in [4.78, 5) is 28.3. The Labute approximate surface area is 187 Å². The van der Waals surface area contributed by atoms with Crippen molar-refractivity contribution in [2.45, 2.75) is 38.1 Å². The number of hydrogen-bond donors (Lipinski definition) is 2. The van der Waals surface area contributed by atoms with Crippen molar-refractivity contribution in [1.29, 1.82) is 5.41 Å². The van der Waals surface area contributed by atoms with Crippen LogP contribution in [0.3, 0.4) is 0 Å². The van der Waals surface area contributed by atoms with Crippen LogP contribution in [-0.2, 0) is 15.0 Å². The number of carbonyl (C=O) groups is 2. The highest BCUT2D eigenvalue weighted by Gasteiger charge is 2.54. The zero-order valence-corrected chi connectivity index (χ0v) is 19.2. The molecule has 2 N–H and O–H groups in total. The molecule has 3 aliphatic rings. The van der Waals surface area contributed by atoms with Gasteiger partial charge in [0.05, 0.1) is 16.2 Å². The van der Waals surface area contributed by atoms with Gasteiger partial charge in [-0.15, -0.1) is 0 Å². The van der Waals surface area contributed by atoms with Crippen molar-refractivity contribution in [3.8, 4) is 0 Å². The SMILES string of the molecule is CC1(c2ccccc2)CC(C)(C)N2C(=O)C(=C3SC(=N)NC3=O)c3cc(Br)cc1c32. The highest BCUT2D eigenvalue weighted by Crippen LogP contribution is 2.57. The number of amidine groups is 1. The van der Waals surface area contributed by atoms with E-state index in [1.54, 1.807) is 0 Å². The molecule has 5 rings (SSSR count). The lowest BCUT2D eigenvalue weighted by Crippen LogP contribution is -2.54. The Balaban J connectivity index is 1.86. The topological polar surface area (TPSA) is 73.3 Å². The molecule has 30 heavy (non-hydrogen) atoms. The van der Waals surface area contributed by atoms with Crippen LogP contribution in [0.1, 0.15) is 43.9 Å². The number of hydrogen-bond acceptors (Lipinski definition) is 4. The summed E-state index contributed by atoms with van der Waals surface area (Å²) in [5.74, 6) is -0.553. The van der Waals surface area contributed by atoms with Crippen molar-refractivity contribution >= 4 is 55.9 Å². The predicted molar refractivity (Wildman–Crippen MR) is 124 cm³/mol. The van der Waals surface area contributed by atoms with Gasteiger partial charge in [-0.05, 0) is 55.3 Å². The van der Waals surface area contributed by atoms with Gasteiger partial charge < -0.3 is 10.2 Å². The lowest BCUT2D eigenvalue weighted by Gasteiger charge is -2.49. The van der Waals surface area contributed by atoms with E-state index in [0.717, 1.165) is 39.5 Å². The van der Waals surface area contributed by atoms with Crippen molar-refractivity contribution in [1.82, 2.24) is 5.32 Å². The van der Waals surface area contributed by atoms with E-state index in [4.69, 9.17) is 5.41 Å². The van der Waals surface area contributed by atoms with Crippen molar-refractivity contribution in [3.63, 3.8) is 0 Å². The number of nitrogens with one attached hydrogen (secondary N) is 2. The van der Waals surface area contributed by atoms with Crippen LogP contribution in [-0.4, -0.2) is 22.5 Å². The van der Waals surface area contributed by atoms with Crippen molar-refractivity contribution in [3.05, 3.63) is 68.5 Å². The number of halogens is 1. The molecular formula is C23H20BrN3O2S. The molecule has 0 spiro atoms. The lowest BCUT2D eigenvalue weighted by molar-refractivity contribution is -0.116. The predicted octanol–water partition coefficient (Wildman–Crippen LogP) is 4.79. The Morgan fingerprint density at radius 2 is 1.83 bits per heavy atom. The fourth-order valence-electron chi connectivity index (χ4n) is 5.18. The van der Waals surface area contributed by atoms with Crippen molar-refractivity contribution in [2.24, 2.45) is 0 Å². The van der Waals surface area contributed by atoms with Crippen LogP contribution in [0.2, 0.25) is 0 Å². The van der Waals surface area contributed by atoms with Gasteiger partial charge in [0, 0.05) is 21.0 Å². The van der Waals surface area contributed by atoms with E-state index in [1.165, 1.54) is 5.56 Å². The van der Waals surface area contributed by atoms with E-state index in [1.807, 2.05) is 29.2 Å². The van der Waals surface area contributed by atoms with Gasteiger partial charge in [0.2, 0.25) is 0 Å². The molecule has 5 nitrogen and oxygen atoms in total. The highest BCUT2D eigenvalue weighted by atomic mass is 79.9. The largest absolute Gasteiger partial charge is 0.302 e. The molecule has 1 unspecified atom stereocenters. The average Bonchev–Trinajstić information content (AvgIpc) is 3.15. The molecule has 1 atom stereocenters. The third kappa shape index (κ3) is 2.58. The molecule has 1 fully saturated rings. The van der Waals surface area contributed by atoms with Gasteiger partial charge in [0.15, 0.2) is 5.17 Å². The Hall–Kier alpha value is -2.38. The van der Waals surface area contributed by atoms with Crippen LogP contribution in [0.25, 0.3) is 5.57 Å². The van der Waals surface area contributed by atoms with E-state index in [-0.39, 0.29) is 22.4 Å². The number of rotatable bonds is 1. The minimum atomic E-state index is -0.452. The third-order valence-electron chi connectivity index (χ3n) is 6.25. The average molecular weight is 482 g/mol. The number of carbonyl (C=O) groups excluding carboxylic acids is 2. The van der Waals surface area contributed by atoms with Crippen LogP contribution in [0.4, 0.5) is 5.69 Å². The van der Waals surface area contributed by atoms with E-state index < -0.39 is 5.54 Å². The fourth-order valence-corrected chi connectivity index (χ4v) is 6.43. The number of anilines is 1. The zero-order chi connectivity index (χ0) is 21.4. The summed E-state index contributed by atoms with van der Waals surface area (Å²) < 4.78 is 0.865. The Morgan fingerprint density at radius 1 is 1.13 bits per heavy atom. The second-order valence-corrected chi connectivity index (χ2v) is 10.7. The molecule has 3 aliphatic heterocycles. The van der Waals surface area contributed by atoms with E-state index >= 15 is 0 Å². The van der Waals surface area contributed by atoms with Crippen LogP contribution in [0.15, 0.2) is 51.8 Å². The molecule has 2 aromatic rings. The van der Waals surface area contributed by atoms with Gasteiger partial charge in [0.1, 0.15) is 0 Å². The summed E-state index contributed by atoms with van der Waals surface area (Å²) in [5, 5.41) is 10.4. The molecule has 0 aromatic heterocycles. The number of benzene rings is 2. The molecule has 152 valence electrons. The van der Waals surface area contributed by atoms with Crippen LogP contribution in [0, 0.1) is 5.41 Å². The molecule has 2 aromatic carbocycles. The summed E-state index contributed by atoms with van der Waals surface area (Å²) in [5.41, 5.74) is 3.54. The molecule has 3 heterocycles. The molecule has 0 bridgehead atoms. The van der Waals surface area contributed by atoms with Crippen LogP contribution < -0.4 is 10.2 Å². The van der Waals surface area contributed by atoms with Crippen molar-refractivity contribution in [2.75, 3.05) is 4.90 Å². The minimum absolute atomic E-state index is 0.0498. The molecular weight excluding hydrogens is 462 g/mol. The fraction of sp³-hybridized carbons (Fsp3) is 0.261. The molecule has 0 radical (unpaired) electrons. The third-order valence-corrected chi connectivity index (χ3v) is 7.60. The van der Waals surface area contributed by atoms with Gasteiger partial charge in [-0.3, -0.25) is 15.0 Å². The van der Waals surface area contributed by atoms with Gasteiger partial charge in [-0.2, -0.15) is 0 Å². The summed E-state index contributed by atoms with van der Waals surface area (Å²) in [6.07, 6.45) is 0.746. The summed E-state index contributed by atoms with van der Waals surface area (Å²) in [7, 11) is 0. The Kier molecular flexibility index (Phi) is 4.12. The normalized spacial score (nSPS) is 26.8. The van der Waals surface area contributed by atoms with Crippen molar-refractivity contribution < 1.29 is 9.59 Å². The molecule has 0 saturated carbocycles. The van der Waals surface area contributed by atoms with E-state index in [9.17, 15) is 9.59 Å². The van der Waals surface area contributed by atoms with E-state index in [2.05, 4.69) is 60.2 Å². The van der Waals surface area contributed by atoms with Gasteiger partial charge in [-0.1, -0.05) is 53.2 Å². The summed E-state index contributed by atoms with van der Waals surface area (Å²) in [6.45, 7) is 6.39. The molecule has 0 aliphatic carbocycles. The minimum Gasteiger partial charge on any atom is -0.302 e. The first kappa shape index (κ1) is 19.6. The second kappa shape index (κ2) is 6.31. The Morgan fingerprint density at radius 3 is 2.47 bits per heavy atom. The summed E-state index contributed by atoms with van der Waals surface area (Å²) >= 11 is 4.65. The van der Waals surface area contributed by atoms with Gasteiger partial charge in [-0.25, -0.2) is 0 Å². The monoisotopic (exact) mass is 481 g/mol. The number of nitrogens with zero attached hydrogens (tertiary/aromatic N) is 1. The first-order valence-corrected chi connectivity index (χ1v) is 11.3. The molecule has 1 saturated heterocycles. The van der Waals surface area contributed by atoms with Gasteiger partial charge in [0.25, 0.3) is 11.8 Å². The maximum absolute atomic E-state index is 13.7. The van der Waals surface area contributed by atoms with E-state index in [0.29, 0.717) is 10.5 Å². The highest BCUT2D eigenvalue weighted by molar-refractivity contribution is 9.10. The zero-order valence-electron chi connectivity index (χ0n) is 16.8. The second-order valence-electron chi connectivity index (χ2n) is 8.77. The first-order valence-electron chi connectivity index (χ1n) is 9.70. The number of thioether (sulfide) groups is 1. The first-order chi connectivity index (χ1) is 14.1. The maximum Gasteiger partial charge on any atom is 0.264 e. The van der Waals surface area contributed by atoms with Crippen LogP contribution >= 0.6 is 27.7 Å². The quantitative estimate of drug-likeness (QED) is 0.574. The smallest absolute Gasteiger partial charge is 0.264 e.